The molecule has 1 fully saturated rings. The Bertz CT molecular complexity index is 962. The molecule has 0 bridgehead atoms. The highest BCUT2D eigenvalue weighted by molar-refractivity contribution is 14.0. The summed E-state index contributed by atoms with van der Waals surface area (Å²) in [4.78, 5) is 4.66. The molecule has 0 amide bonds. The molecule has 1 heterocycles. The molecule has 0 spiro atoms. The number of halogens is 1. The van der Waals surface area contributed by atoms with Gasteiger partial charge >= 0.3 is 0 Å². The number of hydrogen-bond acceptors (Lipinski definition) is 4. The van der Waals surface area contributed by atoms with Crippen molar-refractivity contribution in [1.29, 1.82) is 0 Å². The van der Waals surface area contributed by atoms with Crippen LogP contribution in [-0.2, 0) is 16.4 Å². The van der Waals surface area contributed by atoms with Gasteiger partial charge < -0.3 is 15.4 Å². The number of methoxy groups -OCH3 is 1. The highest BCUT2D eigenvalue weighted by Gasteiger charge is 2.29. The molecular weight excluding hydrogens is 539 g/mol. The van der Waals surface area contributed by atoms with Crippen LogP contribution in [0, 0.1) is 5.92 Å². The summed E-state index contributed by atoms with van der Waals surface area (Å²) in [5, 5.41) is 6.72. The summed E-state index contributed by atoms with van der Waals surface area (Å²) in [6.07, 6.45) is 2.50. The molecular formula is C23H33IN4O3S. The smallest absolute Gasteiger partial charge is 0.243 e. The van der Waals surface area contributed by atoms with Crippen LogP contribution in [0.3, 0.4) is 0 Å². The van der Waals surface area contributed by atoms with Crippen molar-refractivity contribution in [1.82, 2.24) is 14.9 Å². The number of sulfonamides is 1. The Balaban J connectivity index is 0.00000363. The zero-order chi connectivity index (χ0) is 22.1. The van der Waals surface area contributed by atoms with E-state index in [1.165, 1.54) is 0 Å². The highest BCUT2D eigenvalue weighted by atomic mass is 127. The van der Waals surface area contributed by atoms with Crippen LogP contribution >= 0.6 is 24.0 Å². The quantitative estimate of drug-likeness (QED) is 0.289. The zero-order valence-electron chi connectivity index (χ0n) is 18.7. The van der Waals surface area contributed by atoms with Gasteiger partial charge in [-0.3, -0.25) is 4.99 Å². The van der Waals surface area contributed by atoms with E-state index in [0.717, 1.165) is 49.6 Å². The molecule has 2 aromatic rings. The minimum atomic E-state index is -3.40. The van der Waals surface area contributed by atoms with E-state index in [0.29, 0.717) is 23.9 Å². The second kappa shape index (κ2) is 13.0. The summed E-state index contributed by atoms with van der Waals surface area (Å²) >= 11 is 0. The van der Waals surface area contributed by atoms with Gasteiger partial charge in [-0.2, -0.15) is 4.31 Å². The Morgan fingerprint density at radius 2 is 1.72 bits per heavy atom. The standard InChI is InChI=1S/C23H32N4O3S.HI/c1-24-23(25-15-12-20-8-6-7-11-22(20)30-2)26-18-19-13-16-27(17-14-19)31(28,29)21-9-4-3-5-10-21;/h3-11,19H,12-18H2,1-2H3,(H2,24,25,26);1H. The molecule has 9 heteroatoms. The van der Waals surface area contributed by atoms with E-state index >= 15 is 0 Å². The van der Waals surface area contributed by atoms with Crippen LogP contribution in [0.15, 0.2) is 64.5 Å². The third-order valence-corrected chi connectivity index (χ3v) is 7.53. The molecule has 0 atom stereocenters. The fourth-order valence-electron chi connectivity index (χ4n) is 3.78. The molecule has 2 N–H and O–H groups in total. The van der Waals surface area contributed by atoms with Gasteiger partial charge in [0.05, 0.1) is 12.0 Å². The van der Waals surface area contributed by atoms with Gasteiger partial charge in [-0.1, -0.05) is 36.4 Å². The SMILES string of the molecule is CN=C(NCCc1ccccc1OC)NCC1CCN(S(=O)(=O)c2ccccc2)CC1.I. The average molecular weight is 573 g/mol. The van der Waals surface area contributed by atoms with Crippen molar-refractivity contribution in [3.8, 4) is 5.75 Å². The Morgan fingerprint density at radius 3 is 2.38 bits per heavy atom. The molecule has 3 rings (SSSR count). The summed E-state index contributed by atoms with van der Waals surface area (Å²) < 4.78 is 32.5. The molecule has 0 aromatic heterocycles. The van der Waals surface area contributed by atoms with E-state index in [1.807, 2.05) is 24.3 Å². The maximum Gasteiger partial charge on any atom is 0.243 e. The average Bonchev–Trinajstić information content (AvgIpc) is 2.82. The zero-order valence-corrected chi connectivity index (χ0v) is 21.8. The van der Waals surface area contributed by atoms with Crippen LogP contribution in [0.4, 0.5) is 0 Å². The molecule has 0 radical (unpaired) electrons. The molecule has 0 unspecified atom stereocenters. The Hall–Kier alpha value is -1.85. The van der Waals surface area contributed by atoms with Crippen LogP contribution in [0.1, 0.15) is 18.4 Å². The van der Waals surface area contributed by atoms with Gasteiger partial charge in [-0.05, 0) is 48.9 Å². The van der Waals surface area contributed by atoms with E-state index in [9.17, 15) is 8.42 Å². The minimum Gasteiger partial charge on any atom is -0.496 e. The van der Waals surface area contributed by atoms with Crippen LogP contribution in [0.5, 0.6) is 5.75 Å². The maximum atomic E-state index is 12.8. The van der Waals surface area contributed by atoms with Crippen molar-refractivity contribution >= 4 is 40.0 Å². The summed E-state index contributed by atoms with van der Waals surface area (Å²) in [5.41, 5.74) is 1.15. The number of hydrogen-bond donors (Lipinski definition) is 2. The van der Waals surface area contributed by atoms with Crippen molar-refractivity contribution in [2.75, 3.05) is 40.3 Å². The molecule has 2 aromatic carbocycles. The number of ether oxygens (including phenoxy) is 1. The summed E-state index contributed by atoms with van der Waals surface area (Å²) in [6.45, 7) is 2.61. The van der Waals surface area contributed by atoms with Crippen molar-refractivity contribution in [2.24, 2.45) is 10.9 Å². The van der Waals surface area contributed by atoms with E-state index < -0.39 is 10.0 Å². The number of rotatable bonds is 8. The normalized spacial score (nSPS) is 15.6. The predicted molar refractivity (Wildman–Crippen MR) is 139 cm³/mol. The molecule has 7 nitrogen and oxygen atoms in total. The number of piperidine rings is 1. The minimum absolute atomic E-state index is 0. The number of nitrogens with one attached hydrogen (secondary N) is 2. The highest BCUT2D eigenvalue weighted by Crippen LogP contribution is 2.23. The van der Waals surface area contributed by atoms with Crippen molar-refractivity contribution < 1.29 is 13.2 Å². The van der Waals surface area contributed by atoms with E-state index in [-0.39, 0.29) is 24.0 Å². The van der Waals surface area contributed by atoms with Gasteiger partial charge in [-0.15, -0.1) is 24.0 Å². The van der Waals surface area contributed by atoms with Crippen LogP contribution in [0.25, 0.3) is 0 Å². The van der Waals surface area contributed by atoms with Gasteiger partial charge in [-0.25, -0.2) is 8.42 Å². The van der Waals surface area contributed by atoms with Crippen LogP contribution in [0.2, 0.25) is 0 Å². The van der Waals surface area contributed by atoms with E-state index in [4.69, 9.17) is 4.74 Å². The fraction of sp³-hybridized carbons (Fsp3) is 0.435. The first kappa shape index (κ1) is 26.4. The lowest BCUT2D eigenvalue weighted by atomic mass is 9.98. The Kier molecular flexibility index (Phi) is 10.7. The predicted octanol–water partition coefficient (Wildman–Crippen LogP) is 3.12. The lowest BCUT2D eigenvalue weighted by molar-refractivity contribution is 0.273. The van der Waals surface area contributed by atoms with Gasteiger partial charge in [0.1, 0.15) is 5.75 Å². The van der Waals surface area contributed by atoms with Gasteiger partial charge in [0.15, 0.2) is 5.96 Å². The van der Waals surface area contributed by atoms with E-state index in [2.05, 4.69) is 21.7 Å². The summed E-state index contributed by atoms with van der Waals surface area (Å²) in [5.74, 6) is 2.06. The van der Waals surface area contributed by atoms with Gasteiger partial charge in [0.25, 0.3) is 0 Å². The number of guanidine groups is 1. The number of para-hydroxylation sites is 1. The molecule has 0 aliphatic carbocycles. The van der Waals surface area contributed by atoms with Gasteiger partial charge in [0, 0.05) is 33.2 Å². The first-order chi connectivity index (χ1) is 15.0. The lowest BCUT2D eigenvalue weighted by Crippen LogP contribution is -2.44. The number of nitrogens with zero attached hydrogens (tertiary/aromatic N) is 2. The summed E-state index contributed by atoms with van der Waals surface area (Å²) in [6, 6.07) is 16.7. The maximum absolute atomic E-state index is 12.8. The second-order valence-corrected chi connectivity index (χ2v) is 9.54. The largest absolute Gasteiger partial charge is 0.496 e. The fourth-order valence-corrected chi connectivity index (χ4v) is 5.27. The Morgan fingerprint density at radius 1 is 1.06 bits per heavy atom. The van der Waals surface area contributed by atoms with Crippen LogP contribution in [-0.4, -0.2) is 59.0 Å². The third-order valence-electron chi connectivity index (χ3n) is 5.62. The topological polar surface area (TPSA) is 83.0 Å². The molecule has 1 aliphatic rings. The third kappa shape index (κ3) is 7.08. The van der Waals surface area contributed by atoms with Crippen molar-refractivity contribution in [2.45, 2.75) is 24.2 Å². The number of benzene rings is 2. The first-order valence-electron chi connectivity index (χ1n) is 10.7. The Labute approximate surface area is 208 Å². The van der Waals surface area contributed by atoms with Gasteiger partial charge in [0.2, 0.25) is 10.0 Å². The lowest BCUT2D eigenvalue weighted by Gasteiger charge is -2.31. The molecule has 0 saturated carbocycles. The first-order valence-corrected chi connectivity index (χ1v) is 12.1. The van der Waals surface area contributed by atoms with Crippen molar-refractivity contribution in [3.05, 3.63) is 60.2 Å². The molecule has 1 aliphatic heterocycles. The monoisotopic (exact) mass is 572 g/mol. The number of aliphatic imine (C=N–C) groups is 1. The summed E-state index contributed by atoms with van der Waals surface area (Å²) in [7, 11) is 0.0421. The second-order valence-electron chi connectivity index (χ2n) is 7.60. The molecule has 1 saturated heterocycles. The molecule has 176 valence electrons. The van der Waals surface area contributed by atoms with Crippen LogP contribution < -0.4 is 15.4 Å². The van der Waals surface area contributed by atoms with E-state index in [1.54, 1.807) is 42.7 Å². The van der Waals surface area contributed by atoms with Crippen molar-refractivity contribution in [3.63, 3.8) is 0 Å². The molecule has 32 heavy (non-hydrogen) atoms.